The number of nitro benzene ring substituents is 1. The minimum absolute atomic E-state index is 0.0872. The van der Waals surface area contributed by atoms with E-state index in [-0.39, 0.29) is 22.9 Å². The van der Waals surface area contributed by atoms with Crippen molar-refractivity contribution in [3.05, 3.63) is 33.9 Å². The first-order valence-corrected chi connectivity index (χ1v) is 13.1. The van der Waals surface area contributed by atoms with Crippen molar-refractivity contribution >= 4 is 55.5 Å². The summed E-state index contributed by atoms with van der Waals surface area (Å²) in [5, 5.41) is 22.1. The van der Waals surface area contributed by atoms with E-state index in [9.17, 15) is 23.3 Å². The average Bonchev–Trinajstić information content (AvgIpc) is 3.11. The second-order valence-corrected chi connectivity index (χ2v) is 11.4. The van der Waals surface area contributed by atoms with Gasteiger partial charge in [0, 0.05) is 17.9 Å². The Balaban J connectivity index is 2.35. The Bertz CT molecular complexity index is 1050. The molecule has 13 heteroatoms. The van der Waals surface area contributed by atoms with Crippen LogP contribution in [0.1, 0.15) is 32.8 Å². The minimum Gasteiger partial charge on any atom is -0.299 e. The number of thioether (sulfide) groups is 1. The van der Waals surface area contributed by atoms with E-state index >= 15 is 0 Å². The Morgan fingerprint density at radius 1 is 1.35 bits per heavy atom. The Morgan fingerprint density at radius 3 is 2.58 bits per heavy atom. The maximum Gasteiger partial charge on any atom is 0.271 e. The summed E-state index contributed by atoms with van der Waals surface area (Å²) < 4.78 is 26.9. The van der Waals surface area contributed by atoms with Crippen LogP contribution in [-0.4, -0.2) is 47.5 Å². The van der Waals surface area contributed by atoms with E-state index in [4.69, 9.17) is 0 Å². The van der Waals surface area contributed by atoms with Gasteiger partial charge in [-0.1, -0.05) is 49.9 Å². The highest BCUT2D eigenvalue weighted by molar-refractivity contribution is 8.01. The summed E-state index contributed by atoms with van der Waals surface area (Å²) in [5.74, 6) is 0.738. The summed E-state index contributed by atoms with van der Waals surface area (Å²) in [6.45, 7) is 7.46. The Morgan fingerprint density at radius 2 is 2.03 bits per heavy atom. The molecule has 1 atom stereocenters. The van der Waals surface area contributed by atoms with Crippen LogP contribution in [0.15, 0.2) is 22.5 Å². The summed E-state index contributed by atoms with van der Waals surface area (Å²) in [4.78, 5) is 23.6. The number of nitrogens with zero attached hydrogens (tertiary/aromatic N) is 4. The van der Waals surface area contributed by atoms with Gasteiger partial charge in [0.25, 0.3) is 5.69 Å². The third kappa shape index (κ3) is 6.61. The van der Waals surface area contributed by atoms with E-state index in [1.165, 1.54) is 35.2 Å². The normalized spacial score (nSPS) is 12.6. The van der Waals surface area contributed by atoms with Gasteiger partial charge in [-0.3, -0.25) is 24.5 Å². The summed E-state index contributed by atoms with van der Waals surface area (Å²) >= 11 is 2.73. The van der Waals surface area contributed by atoms with Gasteiger partial charge in [0.1, 0.15) is 6.04 Å². The van der Waals surface area contributed by atoms with E-state index in [0.717, 1.165) is 22.4 Å². The van der Waals surface area contributed by atoms with Crippen molar-refractivity contribution < 1.29 is 18.1 Å². The zero-order valence-electron chi connectivity index (χ0n) is 17.9. The highest BCUT2D eigenvalue weighted by atomic mass is 32.2. The number of benzene rings is 1. The number of nitrogens with one attached hydrogen (secondary N) is 1. The number of non-ortho nitro benzene ring substituents is 1. The van der Waals surface area contributed by atoms with E-state index in [2.05, 4.69) is 29.4 Å². The number of anilines is 2. The molecule has 1 aromatic heterocycles. The van der Waals surface area contributed by atoms with Crippen molar-refractivity contribution in [1.29, 1.82) is 0 Å². The standard InChI is InChI=1S/C18H25N5O5S3/c1-6-14(16(24)19-17-20-21-18(30-17)29-10-11(2)3)22(31(5,27)28)15-9-13(23(25)26)8-7-12(15)4/h7-9,11,14H,6,10H2,1-5H3,(H,19,20,24)/t14-/m0/s1. The molecule has 1 aromatic carbocycles. The molecule has 0 aliphatic rings. The fourth-order valence-electron chi connectivity index (χ4n) is 2.73. The van der Waals surface area contributed by atoms with Crippen LogP contribution in [0, 0.1) is 23.0 Å². The van der Waals surface area contributed by atoms with Crippen LogP contribution in [0.5, 0.6) is 0 Å². The molecule has 2 aromatic rings. The fourth-order valence-corrected chi connectivity index (χ4v) is 5.72. The number of carbonyl (C=O) groups excluding carboxylic acids is 1. The lowest BCUT2D eigenvalue weighted by Crippen LogP contribution is -2.47. The van der Waals surface area contributed by atoms with Crippen molar-refractivity contribution in [1.82, 2.24) is 10.2 Å². The van der Waals surface area contributed by atoms with Gasteiger partial charge in [-0.25, -0.2) is 8.42 Å². The Labute approximate surface area is 189 Å². The first-order valence-electron chi connectivity index (χ1n) is 9.45. The van der Waals surface area contributed by atoms with E-state index < -0.39 is 26.9 Å². The number of sulfonamides is 1. The molecule has 170 valence electrons. The molecule has 0 bridgehead atoms. The first-order chi connectivity index (χ1) is 14.4. The van der Waals surface area contributed by atoms with Crippen LogP contribution >= 0.6 is 23.1 Å². The molecule has 0 saturated carbocycles. The quantitative estimate of drug-likeness (QED) is 0.232. The van der Waals surface area contributed by atoms with Gasteiger partial charge >= 0.3 is 0 Å². The zero-order valence-corrected chi connectivity index (χ0v) is 20.3. The molecule has 0 aliphatic heterocycles. The highest BCUT2D eigenvalue weighted by Gasteiger charge is 2.33. The van der Waals surface area contributed by atoms with Crippen molar-refractivity contribution in [2.24, 2.45) is 5.92 Å². The maximum atomic E-state index is 13.0. The summed E-state index contributed by atoms with van der Waals surface area (Å²) in [6, 6.07) is 2.79. The van der Waals surface area contributed by atoms with Crippen LogP contribution in [-0.2, 0) is 14.8 Å². The number of hydrogen-bond donors (Lipinski definition) is 1. The van der Waals surface area contributed by atoms with Gasteiger partial charge in [-0.15, -0.1) is 10.2 Å². The maximum absolute atomic E-state index is 13.0. The summed E-state index contributed by atoms with van der Waals surface area (Å²) in [6.07, 6.45) is 1.11. The monoisotopic (exact) mass is 487 g/mol. The summed E-state index contributed by atoms with van der Waals surface area (Å²) in [5.41, 5.74) is 0.315. The van der Waals surface area contributed by atoms with Crippen LogP contribution in [0.4, 0.5) is 16.5 Å². The lowest BCUT2D eigenvalue weighted by molar-refractivity contribution is -0.384. The summed E-state index contributed by atoms with van der Waals surface area (Å²) in [7, 11) is -3.93. The second kappa shape index (κ2) is 10.4. The van der Waals surface area contributed by atoms with Gasteiger partial charge in [0.2, 0.25) is 21.1 Å². The number of amides is 1. The third-order valence-corrected chi connectivity index (χ3v) is 7.71. The molecule has 0 saturated heterocycles. The van der Waals surface area contributed by atoms with Crippen LogP contribution in [0.3, 0.4) is 0 Å². The molecule has 10 nitrogen and oxygen atoms in total. The van der Waals surface area contributed by atoms with Gasteiger partial charge in [0.05, 0.1) is 16.9 Å². The third-order valence-electron chi connectivity index (χ3n) is 4.15. The molecule has 0 spiro atoms. The van der Waals surface area contributed by atoms with Crippen LogP contribution in [0.2, 0.25) is 0 Å². The minimum atomic E-state index is -3.93. The molecule has 2 rings (SSSR count). The predicted molar refractivity (Wildman–Crippen MR) is 123 cm³/mol. The van der Waals surface area contributed by atoms with Crippen molar-refractivity contribution in [2.75, 3.05) is 21.6 Å². The first kappa shape index (κ1) is 25.0. The van der Waals surface area contributed by atoms with Gasteiger partial charge in [-0.2, -0.15) is 0 Å². The Hall–Kier alpha value is -2.25. The number of aromatic nitrogens is 2. The number of carbonyl (C=O) groups is 1. The molecule has 0 radical (unpaired) electrons. The molecule has 1 N–H and O–H groups in total. The van der Waals surface area contributed by atoms with Crippen molar-refractivity contribution in [3.63, 3.8) is 0 Å². The molecule has 31 heavy (non-hydrogen) atoms. The van der Waals surface area contributed by atoms with Crippen molar-refractivity contribution in [3.8, 4) is 0 Å². The molecular formula is C18H25N5O5S3. The number of hydrogen-bond acceptors (Lipinski definition) is 9. The van der Waals surface area contributed by atoms with E-state index in [1.807, 2.05) is 0 Å². The number of aryl methyl sites for hydroxylation is 1. The van der Waals surface area contributed by atoms with E-state index in [0.29, 0.717) is 15.8 Å². The lowest BCUT2D eigenvalue weighted by Gasteiger charge is -2.30. The SMILES string of the molecule is CC[C@@H](C(=O)Nc1nnc(SCC(C)C)s1)N(c1cc([N+](=O)[O-])ccc1C)S(C)(=O)=O. The van der Waals surface area contributed by atoms with Crippen LogP contribution in [0.25, 0.3) is 0 Å². The smallest absolute Gasteiger partial charge is 0.271 e. The fraction of sp³-hybridized carbons (Fsp3) is 0.500. The average molecular weight is 488 g/mol. The molecule has 1 heterocycles. The predicted octanol–water partition coefficient (Wildman–Crippen LogP) is 3.69. The van der Waals surface area contributed by atoms with Crippen LogP contribution < -0.4 is 9.62 Å². The highest BCUT2D eigenvalue weighted by Crippen LogP contribution is 2.31. The molecule has 0 unspecified atom stereocenters. The largest absolute Gasteiger partial charge is 0.299 e. The van der Waals surface area contributed by atoms with Crippen molar-refractivity contribution in [2.45, 2.75) is 44.5 Å². The number of nitro groups is 1. The van der Waals surface area contributed by atoms with E-state index in [1.54, 1.807) is 13.8 Å². The molecule has 0 aliphatic carbocycles. The molecular weight excluding hydrogens is 462 g/mol. The lowest BCUT2D eigenvalue weighted by atomic mass is 10.1. The number of rotatable bonds is 10. The Kier molecular flexibility index (Phi) is 8.37. The molecule has 0 fully saturated rings. The van der Waals surface area contributed by atoms with Gasteiger partial charge in [0.15, 0.2) is 4.34 Å². The van der Waals surface area contributed by atoms with Gasteiger partial charge in [-0.05, 0) is 24.8 Å². The zero-order chi connectivity index (χ0) is 23.3. The van der Waals surface area contributed by atoms with Gasteiger partial charge < -0.3 is 0 Å². The topological polar surface area (TPSA) is 135 Å². The second-order valence-electron chi connectivity index (χ2n) is 7.28. The molecule has 1 amide bonds.